The first-order chi connectivity index (χ1) is 7.28. The lowest BCUT2D eigenvalue weighted by Crippen LogP contribution is -2.44. The van der Waals surface area contributed by atoms with Crippen molar-refractivity contribution in [2.45, 2.75) is 65.4 Å². The molecule has 0 aliphatic heterocycles. The van der Waals surface area contributed by atoms with Crippen molar-refractivity contribution in [1.29, 1.82) is 0 Å². The fourth-order valence-corrected chi connectivity index (χ4v) is 5.17. The van der Waals surface area contributed by atoms with Crippen molar-refractivity contribution < 1.29 is 5.11 Å². The molecule has 3 fully saturated rings. The van der Waals surface area contributed by atoms with E-state index in [1.807, 2.05) is 0 Å². The minimum Gasteiger partial charge on any atom is -0.389 e. The van der Waals surface area contributed by atoms with E-state index in [-0.39, 0.29) is 5.60 Å². The highest BCUT2D eigenvalue weighted by Gasteiger charge is 2.67. The summed E-state index contributed by atoms with van der Waals surface area (Å²) in [6, 6.07) is 0. The summed E-state index contributed by atoms with van der Waals surface area (Å²) in [7, 11) is 0. The first-order valence-corrected chi connectivity index (χ1v) is 7.00. The molecule has 0 aromatic carbocycles. The van der Waals surface area contributed by atoms with Gasteiger partial charge in [0.1, 0.15) is 0 Å². The van der Waals surface area contributed by atoms with Crippen LogP contribution in [0.2, 0.25) is 0 Å². The summed E-state index contributed by atoms with van der Waals surface area (Å²) in [5.41, 5.74) is 0.460. The van der Waals surface area contributed by atoms with Crippen LogP contribution in [-0.4, -0.2) is 10.7 Å². The van der Waals surface area contributed by atoms with Crippen molar-refractivity contribution in [2.24, 2.45) is 28.6 Å². The molecule has 0 saturated heterocycles. The zero-order chi connectivity index (χ0) is 11.8. The number of rotatable bonds is 0. The van der Waals surface area contributed by atoms with Gasteiger partial charge in [-0.1, -0.05) is 27.7 Å². The van der Waals surface area contributed by atoms with Gasteiger partial charge in [0.25, 0.3) is 0 Å². The second-order valence-corrected chi connectivity index (χ2v) is 7.97. The van der Waals surface area contributed by atoms with E-state index >= 15 is 0 Å². The highest BCUT2D eigenvalue weighted by atomic mass is 16.3. The monoisotopic (exact) mass is 222 g/mol. The van der Waals surface area contributed by atoms with Crippen LogP contribution in [-0.2, 0) is 0 Å². The maximum atomic E-state index is 11.2. The summed E-state index contributed by atoms with van der Waals surface area (Å²) in [6.45, 7) is 9.42. The third kappa shape index (κ3) is 1.27. The maximum absolute atomic E-state index is 11.2. The van der Waals surface area contributed by atoms with E-state index in [1.54, 1.807) is 0 Å². The van der Waals surface area contributed by atoms with Crippen LogP contribution in [0.3, 0.4) is 0 Å². The Hall–Kier alpha value is -0.0400. The molecule has 1 nitrogen and oxygen atoms in total. The zero-order valence-electron chi connectivity index (χ0n) is 11.2. The number of hydrogen-bond acceptors (Lipinski definition) is 1. The van der Waals surface area contributed by atoms with E-state index in [0.717, 1.165) is 12.3 Å². The molecule has 1 unspecified atom stereocenters. The Morgan fingerprint density at radius 1 is 1.06 bits per heavy atom. The molecular formula is C15H26O. The van der Waals surface area contributed by atoms with Crippen LogP contribution < -0.4 is 0 Å². The molecule has 5 atom stereocenters. The largest absolute Gasteiger partial charge is 0.389 e. The Morgan fingerprint density at radius 3 is 2.44 bits per heavy atom. The molecule has 0 heterocycles. The van der Waals surface area contributed by atoms with Crippen LogP contribution >= 0.6 is 0 Å². The van der Waals surface area contributed by atoms with Crippen LogP contribution in [0.1, 0.15) is 59.8 Å². The summed E-state index contributed by atoms with van der Waals surface area (Å²) < 4.78 is 0. The van der Waals surface area contributed by atoms with Gasteiger partial charge in [0, 0.05) is 0 Å². The van der Waals surface area contributed by atoms with E-state index in [4.69, 9.17) is 0 Å². The van der Waals surface area contributed by atoms with Gasteiger partial charge in [-0.2, -0.15) is 0 Å². The molecule has 92 valence electrons. The SMILES string of the molecule is C[C@@H]1CCC2[C@]3(C)C[C@@H]3CC(C)(C)C[C@]21O. The molecule has 1 heteroatoms. The third-order valence-electron chi connectivity index (χ3n) is 6.16. The molecule has 0 bridgehead atoms. The van der Waals surface area contributed by atoms with E-state index in [2.05, 4.69) is 27.7 Å². The van der Waals surface area contributed by atoms with Gasteiger partial charge in [-0.25, -0.2) is 0 Å². The Labute approximate surface area is 99.6 Å². The Bertz CT molecular complexity index is 321. The van der Waals surface area contributed by atoms with Crippen molar-refractivity contribution in [1.82, 2.24) is 0 Å². The van der Waals surface area contributed by atoms with Crippen molar-refractivity contribution in [3.05, 3.63) is 0 Å². The lowest BCUT2D eigenvalue weighted by atomic mass is 9.70. The van der Waals surface area contributed by atoms with Crippen molar-refractivity contribution >= 4 is 0 Å². The summed E-state index contributed by atoms with van der Waals surface area (Å²) in [4.78, 5) is 0. The van der Waals surface area contributed by atoms with Crippen LogP contribution in [0.15, 0.2) is 0 Å². The topological polar surface area (TPSA) is 20.2 Å². The van der Waals surface area contributed by atoms with E-state index in [1.165, 1.54) is 25.7 Å². The van der Waals surface area contributed by atoms with E-state index in [9.17, 15) is 5.11 Å². The quantitative estimate of drug-likeness (QED) is 0.664. The molecule has 3 rings (SSSR count). The van der Waals surface area contributed by atoms with Crippen LogP contribution in [0.5, 0.6) is 0 Å². The fraction of sp³-hybridized carbons (Fsp3) is 1.00. The van der Waals surface area contributed by atoms with E-state index < -0.39 is 0 Å². The van der Waals surface area contributed by atoms with Gasteiger partial charge in [0.15, 0.2) is 0 Å². The van der Waals surface area contributed by atoms with Gasteiger partial charge in [-0.05, 0) is 60.7 Å². The molecule has 16 heavy (non-hydrogen) atoms. The highest BCUT2D eigenvalue weighted by molar-refractivity contribution is 5.16. The molecule has 0 aromatic heterocycles. The highest BCUT2D eigenvalue weighted by Crippen LogP contribution is 2.71. The number of hydrogen-bond donors (Lipinski definition) is 1. The predicted octanol–water partition coefficient (Wildman–Crippen LogP) is 3.61. The second-order valence-electron chi connectivity index (χ2n) is 7.97. The first-order valence-electron chi connectivity index (χ1n) is 7.00. The molecule has 0 spiro atoms. The van der Waals surface area contributed by atoms with Gasteiger partial charge in [-0.3, -0.25) is 0 Å². The van der Waals surface area contributed by atoms with Crippen LogP contribution in [0, 0.1) is 28.6 Å². The Balaban J connectivity index is 2.01. The molecule has 3 aliphatic carbocycles. The lowest BCUT2D eigenvalue weighted by Gasteiger charge is -2.40. The third-order valence-corrected chi connectivity index (χ3v) is 6.16. The Morgan fingerprint density at radius 2 is 1.75 bits per heavy atom. The summed E-state index contributed by atoms with van der Waals surface area (Å²) in [5.74, 6) is 1.99. The standard InChI is InChI=1S/C15H26O/c1-10-5-6-12-14(4)8-11(14)7-13(2,3)9-15(10,12)16/h10-12,16H,5-9H2,1-4H3/t10-,11+,12?,14-,15-/m1/s1. The number of fused-ring (bicyclic) bond motifs is 3. The second kappa shape index (κ2) is 2.85. The lowest BCUT2D eigenvalue weighted by molar-refractivity contribution is -0.0747. The maximum Gasteiger partial charge on any atom is 0.0711 e. The van der Waals surface area contributed by atoms with Gasteiger partial charge >= 0.3 is 0 Å². The van der Waals surface area contributed by atoms with Gasteiger partial charge in [0.2, 0.25) is 0 Å². The van der Waals surface area contributed by atoms with Gasteiger partial charge in [-0.15, -0.1) is 0 Å². The molecule has 0 aromatic rings. The average molecular weight is 222 g/mol. The molecule has 0 radical (unpaired) electrons. The van der Waals surface area contributed by atoms with Crippen molar-refractivity contribution in [3.63, 3.8) is 0 Å². The normalized spacial score (nSPS) is 58.7. The van der Waals surface area contributed by atoms with E-state index in [0.29, 0.717) is 22.7 Å². The summed E-state index contributed by atoms with van der Waals surface area (Å²) >= 11 is 0. The molecule has 1 N–H and O–H groups in total. The summed E-state index contributed by atoms with van der Waals surface area (Å²) in [5, 5.41) is 11.2. The molecular weight excluding hydrogens is 196 g/mol. The minimum absolute atomic E-state index is 0.338. The van der Waals surface area contributed by atoms with Crippen LogP contribution in [0.25, 0.3) is 0 Å². The minimum atomic E-state index is -0.358. The average Bonchev–Trinajstić information content (AvgIpc) is 2.64. The molecule has 3 saturated carbocycles. The smallest absolute Gasteiger partial charge is 0.0711 e. The summed E-state index contributed by atoms with van der Waals surface area (Å²) in [6.07, 6.45) is 6.23. The molecule has 3 aliphatic rings. The van der Waals surface area contributed by atoms with Crippen molar-refractivity contribution in [2.75, 3.05) is 0 Å². The van der Waals surface area contributed by atoms with Gasteiger partial charge < -0.3 is 5.11 Å². The fourth-order valence-electron chi connectivity index (χ4n) is 5.17. The van der Waals surface area contributed by atoms with Gasteiger partial charge in [0.05, 0.1) is 5.60 Å². The zero-order valence-corrected chi connectivity index (χ0v) is 11.2. The molecule has 0 amide bonds. The van der Waals surface area contributed by atoms with Crippen LogP contribution in [0.4, 0.5) is 0 Å². The predicted molar refractivity (Wildman–Crippen MR) is 66.1 cm³/mol. The van der Waals surface area contributed by atoms with Crippen molar-refractivity contribution in [3.8, 4) is 0 Å². The number of aliphatic hydroxyl groups is 1. The Kier molecular flexibility index (Phi) is 1.98. The first kappa shape index (κ1) is 11.1.